The first-order valence-corrected chi connectivity index (χ1v) is 6.97. The molecule has 2 N–H and O–H groups in total. The molecule has 0 radical (unpaired) electrons. The van der Waals surface area contributed by atoms with Crippen LogP contribution in [0.5, 0.6) is 0 Å². The summed E-state index contributed by atoms with van der Waals surface area (Å²) in [5.74, 6) is 0.753. The third-order valence-corrected chi connectivity index (χ3v) is 3.93. The van der Waals surface area contributed by atoms with Gasteiger partial charge in [0.25, 0.3) is 0 Å². The fraction of sp³-hybridized carbons (Fsp3) is 0.333. The van der Waals surface area contributed by atoms with Crippen LogP contribution >= 0.6 is 11.6 Å². The van der Waals surface area contributed by atoms with Gasteiger partial charge >= 0.3 is 0 Å². The van der Waals surface area contributed by atoms with Gasteiger partial charge in [-0.15, -0.1) is 0 Å². The van der Waals surface area contributed by atoms with Crippen molar-refractivity contribution in [1.29, 1.82) is 0 Å². The maximum Gasteiger partial charge on any atom is 0.130 e. The molecule has 1 unspecified atom stereocenters. The highest BCUT2D eigenvalue weighted by molar-refractivity contribution is 6.30. The van der Waals surface area contributed by atoms with Gasteiger partial charge in [-0.05, 0) is 37.5 Å². The lowest BCUT2D eigenvalue weighted by Gasteiger charge is -2.24. The van der Waals surface area contributed by atoms with Crippen LogP contribution in [0.4, 0.5) is 5.82 Å². The number of benzene rings is 1. The van der Waals surface area contributed by atoms with Crippen molar-refractivity contribution in [1.82, 2.24) is 9.97 Å². The lowest BCUT2D eigenvalue weighted by atomic mass is 10.0. The molecule has 1 heterocycles. The molecule has 0 bridgehead atoms. The lowest BCUT2D eigenvalue weighted by Crippen LogP contribution is -2.30. The van der Waals surface area contributed by atoms with E-state index in [1.54, 1.807) is 12.1 Å². The monoisotopic (exact) mass is 289 g/mol. The highest BCUT2D eigenvalue weighted by Crippen LogP contribution is 2.48. The predicted molar refractivity (Wildman–Crippen MR) is 78.8 cm³/mol. The summed E-state index contributed by atoms with van der Waals surface area (Å²) in [4.78, 5) is 8.28. The Morgan fingerprint density at radius 3 is 2.55 bits per heavy atom. The Hall–Kier alpha value is -1.65. The lowest BCUT2D eigenvalue weighted by molar-refractivity contribution is 0.144. The Kier molecular flexibility index (Phi) is 3.36. The van der Waals surface area contributed by atoms with E-state index < -0.39 is 6.10 Å². The summed E-state index contributed by atoms with van der Waals surface area (Å²) in [7, 11) is 0. The van der Waals surface area contributed by atoms with Crippen molar-refractivity contribution < 1.29 is 5.11 Å². The van der Waals surface area contributed by atoms with Crippen LogP contribution in [0, 0.1) is 6.92 Å². The number of nitrogens with one attached hydrogen (secondary N) is 1. The molecule has 2 aromatic rings. The standard InChI is InChI=1S/C15H16ClN3O/c1-10-8-13(18-9-17-10)19-15(6-7-15)14(20)11-2-4-12(16)5-3-11/h2-5,8-9,14,20H,6-7H2,1H3,(H,17,18,19). The highest BCUT2D eigenvalue weighted by atomic mass is 35.5. The molecule has 1 atom stereocenters. The Balaban J connectivity index is 1.80. The van der Waals surface area contributed by atoms with Gasteiger partial charge < -0.3 is 10.4 Å². The van der Waals surface area contributed by atoms with E-state index in [0.29, 0.717) is 5.02 Å². The van der Waals surface area contributed by atoms with E-state index in [4.69, 9.17) is 11.6 Å². The number of aliphatic hydroxyl groups excluding tert-OH is 1. The predicted octanol–water partition coefficient (Wildman–Crippen LogP) is 3.12. The number of nitrogens with zero attached hydrogens (tertiary/aromatic N) is 2. The maximum atomic E-state index is 10.6. The summed E-state index contributed by atoms with van der Waals surface area (Å²) in [6, 6.07) is 9.20. The van der Waals surface area contributed by atoms with Gasteiger partial charge in [0.05, 0.1) is 5.54 Å². The number of aryl methyl sites for hydroxylation is 1. The van der Waals surface area contributed by atoms with Crippen molar-refractivity contribution in [3.8, 4) is 0 Å². The normalized spacial score (nSPS) is 17.6. The van der Waals surface area contributed by atoms with Crippen LogP contribution in [0.3, 0.4) is 0 Å². The zero-order chi connectivity index (χ0) is 14.2. The van der Waals surface area contributed by atoms with E-state index in [-0.39, 0.29) is 5.54 Å². The van der Waals surface area contributed by atoms with Crippen molar-refractivity contribution in [2.75, 3.05) is 5.32 Å². The van der Waals surface area contributed by atoms with Gasteiger partial charge in [-0.3, -0.25) is 0 Å². The summed E-state index contributed by atoms with van der Waals surface area (Å²) in [6.07, 6.45) is 2.79. The van der Waals surface area contributed by atoms with Gasteiger partial charge in [0.15, 0.2) is 0 Å². The number of hydrogen-bond donors (Lipinski definition) is 2. The van der Waals surface area contributed by atoms with Crippen molar-refractivity contribution in [2.45, 2.75) is 31.4 Å². The fourth-order valence-electron chi connectivity index (χ4n) is 2.34. The summed E-state index contributed by atoms with van der Waals surface area (Å²) >= 11 is 5.88. The smallest absolute Gasteiger partial charge is 0.130 e. The van der Waals surface area contributed by atoms with Crippen LogP contribution in [0.15, 0.2) is 36.7 Å². The first-order chi connectivity index (χ1) is 9.59. The molecular formula is C15H16ClN3O. The summed E-state index contributed by atoms with van der Waals surface area (Å²) in [5, 5.41) is 14.6. The minimum absolute atomic E-state index is 0.325. The molecule has 1 aromatic carbocycles. The third-order valence-electron chi connectivity index (χ3n) is 3.68. The van der Waals surface area contributed by atoms with Crippen LogP contribution in [0.25, 0.3) is 0 Å². The van der Waals surface area contributed by atoms with Crippen molar-refractivity contribution in [3.05, 3.63) is 52.9 Å². The van der Waals surface area contributed by atoms with Crippen molar-refractivity contribution >= 4 is 17.4 Å². The Morgan fingerprint density at radius 1 is 1.25 bits per heavy atom. The molecule has 1 aliphatic rings. The molecule has 4 nitrogen and oxygen atoms in total. The molecule has 5 heteroatoms. The molecule has 1 aliphatic carbocycles. The molecule has 1 aromatic heterocycles. The second-order valence-electron chi connectivity index (χ2n) is 5.28. The molecule has 0 saturated heterocycles. The molecule has 104 valence electrons. The Labute approximate surface area is 122 Å². The van der Waals surface area contributed by atoms with Crippen LogP contribution in [-0.2, 0) is 0 Å². The minimum Gasteiger partial charge on any atom is -0.386 e. The van der Waals surface area contributed by atoms with Crippen molar-refractivity contribution in [3.63, 3.8) is 0 Å². The first-order valence-electron chi connectivity index (χ1n) is 6.59. The number of anilines is 1. The number of halogens is 1. The Bertz CT molecular complexity index is 611. The van der Waals surface area contributed by atoms with Gasteiger partial charge in [-0.2, -0.15) is 0 Å². The molecule has 3 rings (SSSR count). The average molecular weight is 290 g/mol. The van der Waals surface area contributed by atoms with E-state index in [0.717, 1.165) is 29.9 Å². The summed E-state index contributed by atoms with van der Waals surface area (Å²) in [5.41, 5.74) is 1.44. The van der Waals surface area contributed by atoms with E-state index >= 15 is 0 Å². The number of rotatable bonds is 4. The average Bonchev–Trinajstić information content (AvgIpc) is 3.20. The third kappa shape index (κ3) is 2.62. The van der Waals surface area contributed by atoms with Gasteiger partial charge in [0.2, 0.25) is 0 Å². The summed E-state index contributed by atoms with van der Waals surface area (Å²) in [6.45, 7) is 1.92. The van der Waals surface area contributed by atoms with E-state index in [2.05, 4.69) is 15.3 Å². The SMILES string of the molecule is Cc1cc(NC2(C(O)c3ccc(Cl)cc3)CC2)ncn1. The molecule has 0 aliphatic heterocycles. The van der Waals surface area contributed by atoms with Gasteiger partial charge in [0, 0.05) is 16.8 Å². The highest BCUT2D eigenvalue weighted by Gasteiger charge is 2.49. The molecule has 20 heavy (non-hydrogen) atoms. The number of aromatic nitrogens is 2. The zero-order valence-electron chi connectivity index (χ0n) is 11.2. The first kappa shape index (κ1) is 13.3. The van der Waals surface area contributed by atoms with Crippen LogP contribution in [0.2, 0.25) is 5.02 Å². The minimum atomic E-state index is -0.574. The zero-order valence-corrected chi connectivity index (χ0v) is 11.9. The van der Waals surface area contributed by atoms with Crippen molar-refractivity contribution in [2.24, 2.45) is 0 Å². The van der Waals surface area contributed by atoms with Gasteiger partial charge in [-0.25, -0.2) is 9.97 Å². The van der Waals surface area contributed by atoms with E-state index in [1.165, 1.54) is 6.33 Å². The van der Waals surface area contributed by atoms with Crippen LogP contribution < -0.4 is 5.32 Å². The number of hydrogen-bond acceptors (Lipinski definition) is 4. The Morgan fingerprint density at radius 2 is 1.95 bits per heavy atom. The summed E-state index contributed by atoms with van der Waals surface area (Å²) < 4.78 is 0. The fourth-order valence-corrected chi connectivity index (χ4v) is 2.47. The van der Waals surface area contributed by atoms with Gasteiger partial charge in [-0.1, -0.05) is 23.7 Å². The van der Waals surface area contributed by atoms with E-state index in [1.807, 2.05) is 25.1 Å². The van der Waals surface area contributed by atoms with Gasteiger partial charge in [0.1, 0.15) is 18.2 Å². The molecule has 1 saturated carbocycles. The quantitative estimate of drug-likeness (QED) is 0.908. The largest absolute Gasteiger partial charge is 0.386 e. The molecule has 0 amide bonds. The van der Waals surface area contributed by atoms with Crippen LogP contribution in [-0.4, -0.2) is 20.6 Å². The number of aliphatic hydroxyl groups is 1. The molecular weight excluding hydrogens is 274 g/mol. The van der Waals surface area contributed by atoms with E-state index in [9.17, 15) is 5.11 Å². The second-order valence-corrected chi connectivity index (χ2v) is 5.72. The second kappa shape index (κ2) is 5.04. The molecule has 1 fully saturated rings. The molecule has 0 spiro atoms. The van der Waals surface area contributed by atoms with Crippen LogP contribution in [0.1, 0.15) is 30.2 Å². The maximum absolute atomic E-state index is 10.6. The topological polar surface area (TPSA) is 58.0 Å².